The zero-order valence-corrected chi connectivity index (χ0v) is 16.9. The van der Waals surface area contributed by atoms with Crippen LogP contribution in [0.3, 0.4) is 0 Å². The van der Waals surface area contributed by atoms with Crippen LogP contribution in [0.1, 0.15) is 5.56 Å². The van der Waals surface area contributed by atoms with E-state index in [1.807, 2.05) is 30.5 Å². The van der Waals surface area contributed by atoms with Crippen molar-refractivity contribution in [1.29, 1.82) is 0 Å². The molecule has 6 nitrogen and oxygen atoms in total. The van der Waals surface area contributed by atoms with Crippen molar-refractivity contribution < 1.29 is 4.52 Å². The number of anilines is 2. The van der Waals surface area contributed by atoms with Crippen LogP contribution in [0.15, 0.2) is 77.4 Å². The number of benzene rings is 2. The molecule has 6 heteroatoms. The molecular weight excluding hydrogens is 374 g/mol. The Hall–Kier alpha value is -3.67. The number of aromatic nitrogens is 3. The van der Waals surface area contributed by atoms with Gasteiger partial charge in [-0.05, 0) is 37.3 Å². The zero-order valence-electron chi connectivity index (χ0n) is 16.9. The quantitative estimate of drug-likeness (QED) is 0.508. The van der Waals surface area contributed by atoms with E-state index in [9.17, 15) is 0 Å². The van der Waals surface area contributed by atoms with Crippen molar-refractivity contribution in [3.05, 3.63) is 78.5 Å². The van der Waals surface area contributed by atoms with Gasteiger partial charge in [0.1, 0.15) is 5.82 Å². The molecule has 1 aliphatic rings. The summed E-state index contributed by atoms with van der Waals surface area (Å²) in [6.45, 7) is 5.71. The Kier molecular flexibility index (Phi) is 4.89. The van der Waals surface area contributed by atoms with E-state index >= 15 is 0 Å². The molecule has 0 aliphatic carbocycles. The SMILES string of the molecule is Cc1cccc(-c2noc(-c3cccnc3N3CCN(c4ccccc4)CC3)n2)c1. The summed E-state index contributed by atoms with van der Waals surface area (Å²) in [5.41, 5.74) is 4.25. The van der Waals surface area contributed by atoms with Gasteiger partial charge in [-0.15, -0.1) is 0 Å². The highest BCUT2D eigenvalue weighted by Gasteiger charge is 2.23. The summed E-state index contributed by atoms with van der Waals surface area (Å²) in [7, 11) is 0. The number of hydrogen-bond acceptors (Lipinski definition) is 6. The van der Waals surface area contributed by atoms with Crippen molar-refractivity contribution in [3.63, 3.8) is 0 Å². The number of piperazine rings is 1. The van der Waals surface area contributed by atoms with Gasteiger partial charge in [-0.3, -0.25) is 0 Å². The van der Waals surface area contributed by atoms with Crippen molar-refractivity contribution in [3.8, 4) is 22.8 Å². The Balaban J connectivity index is 1.38. The number of aryl methyl sites for hydroxylation is 1. The van der Waals surface area contributed by atoms with Crippen molar-refractivity contribution in [2.75, 3.05) is 36.0 Å². The van der Waals surface area contributed by atoms with Gasteiger partial charge in [0.15, 0.2) is 0 Å². The summed E-state index contributed by atoms with van der Waals surface area (Å²) in [6, 6.07) is 22.6. The number of para-hydroxylation sites is 1. The van der Waals surface area contributed by atoms with Gasteiger partial charge in [0, 0.05) is 43.6 Å². The van der Waals surface area contributed by atoms with Crippen LogP contribution in [-0.2, 0) is 0 Å². The molecular formula is C24H23N5O. The molecule has 1 saturated heterocycles. The molecule has 0 saturated carbocycles. The lowest BCUT2D eigenvalue weighted by Crippen LogP contribution is -2.47. The van der Waals surface area contributed by atoms with Gasteiger partial charge in [-0.1, -0.05) is 47.1 Å². The Morgan fingerprint density at radius 3 is 2.43 bits per heavy atom. The molecule has 0 amide bonds. The highest BCUT2D eigenvalue weighted by atomic mass is 16.5. The summed E-state index contributed by atoms with van der Waals surface area (Å²) >= 11 is 0. The lowest BCUT2D eigenvalue weighted by molar-refractivity contribution is 0.432. The molecule has 1 fully saturated rings. The standard InChI is InChI=1S/C24H23N5O/c1-18-7-5-8-19(17-18)22-26-24(30-27-22)21-11-6-12-25-23(21)29-15-13-28(14-16-29)20-9-3-2-4-10-20/h2-12,17H,13-16H2,1H3. The van der Waals surface area contributed by atoms with Crippen LogP contribution >= 0.6 is 0 Å². The molecule has 150 valence electrons. The van der Waals surface area contributed by atoms with Crippen LogP contribution < -0.4 is 9.80 Å². The number of pyridine rings is 1. The monoisotopic (exact) mass is 397 g/mol. The van der Waals surface area contributed by atoms with Gasteiger partial charge in [0.2, 0.25) is 5.82 Å². The molecule has 30 heavy (non-hydrogen) atoms. The normalized spacial score (nSPS) is 14.2. The highest BCUT2D eigenvalue weighted by Crippen LogP contribution is 2.30. The first-order chi connectivity index (χ1) is 14.8. The van der Waals surface area contributed by atoms with Crippen LogP contribution in [0, 0.1) is 6.92 Å². The van der Waals surface area contributed by atoms with E-state index in [0.29, 0.717) is 11.7 Å². The molecule has 0 bridgehead atoms. The Morgan fingerprint density at radius 2 is 1.63 bits per heavy atom. The van der Waals surface area contributed by atoms with Crippen molar-refractivity contribution in [2.45, 2.75) is 6.92 Å². The number of hydrogen-bond donors (Lipinski definition) is 0. The third-order valence-corrected chi connectivity index (χ3v) is 5.42. The van der Waals surface area contributed by atoms with Crippen LogP contribution in [0.4, 0.5) is 11.5 Å². The maximum absolute atomic E-state index is 5.63. The minimum Gasteiger partial charge on any atom is -0.368 e. The first kappa shape index (κ1) is 18.4. The fourth-order valence-corrected chi connectivity index (χ4v) is 3.87. The first-order valence-electron chi connectivity index (χ1n) is 10.2. The second kappa shape index (κ2) is 7.99. The van der Waals surface area contributed by atoms with Gasteiger partial charge in [0.25, 0.3) is 5.89 Å². The van der Waals surface area contributed by atoms with E-state index in [-0.39, 0.29) is 0 Å². The smallest absolute Gasteiger partial charge is 0.261 e. The van der Waals surface area contributed by atoms with Crippen LogP contribution in [0.25, 0.3) is 22.8 Å². The van der Waals surface area contributed by atoms with Gasteiger partial charge in [0.05, 0.1) is 5.56 Å². The van der Waals surface area contributed by atoms with Gasteiger partial charge < -0.3 is 14.3 Å². The number of rotatable bonds is 4. The Morgan fingerprint density at radius 1 is 0.833 bits per heavy atom. The molecule has 0 atom stereocenters. The third kappa shape index (κ3) is 3.64. The lowest BCUT2D eigenvalue weighted by atomic mass is 10.1. The molecule has 2 aromatic carbocycles. The molecule has 0 unspecified atom stereocenters. The van der Waals surface area contributed by atoms with Crippen LogP contribution in [0.5, 0.6) is 0 Å². The predicted octanol–water partition coefficient (Wildman–Crippen LogP) is 4.43. The highest BCUT2D eigenvalue weighted by molar-refractivity contribution is 5.71. The second-order valence-electron chi connectivity index (χ2n) is 7.48. The van der Waals surface area contributed by atoms with E-state index < -0.39 is 0 Å². The summed E-state index contributed by atoms with van der Waals surface area (Å²) in [4.78, 5) is 14.0. The average molecular weight is 397 g/mol. The average Bonchev–Trinajstić information content (AvgIpc) is 3.30. The molecule has 3 heterocycles. The van der Waals surface area contributed by atoms with Crippen molar-refractivity contribution in [2.24, 2.45) is 0 Å². The summed E-state index contributed by atoms with van der Waals surface area (Å²) in [5, 5.41) is 4.20. The molecule has 1 aliphatic heterocycles. The van der Waals surface area contributed by atoms with Gasteiger partial charge in [-0.25, -0.2) is 4.98 Å². The Labute approximate surface area is 175 Å². The fourth-order valence-electron chi connectivity index (χ4n) is 3.87. The number of nitrogens with zero attached hydrogens (tertiary/aromatic N) is 5. The second-order valence-corrected chi connectivity index (χ2v) is 7.48. The summed E-state index contributed by atoms with van der Waals surface area (Å²) in [6.07, 6.45) is 1.82. The lowest BCUT2D eigenvalue weighted by Gasteiger charge is -2.37. The van der Waals surface area contributed by atoms with E-state index in [1.165, 1.54) is 5.69 Å². The van der Waals surface area contributed by atoms with Gasteiger partial charge >= 0.3 is 0 Å². The fraction of sp³-hybridized carbons (Fsp3) is 0.208. The molecule has 0 spiro atoms. The summed E-state index contributed by atoms with van der Waals surface area (Å²) in [5.74, 6) is 1.99. The van der Waals surface area contributed by atoms with Crippen molar-refractivity contribution >= 4 is 11.5 Å². The maximum atomic E-state index is 5.63. The van der Waals surface area contributed by atoms with E-state index in [4.69, 9.17) is 4.52 Å². The van der Waals surface area contributed by atoms with Crippen molar-refractivity contribution in [1.82, 2.24) is 15.1 Å². The van der Waals surface area contributed by atoms with E-state index in [0.717, 1.165) is 48.7 Å². The van der Waals surface area contributed by atoms with E-state index in [1.54, 1.807) is 0 Å². The van der Waals surface area contributed by atoms with Crippen LogP contribution in [0.2, 0.25) is 0 Å². The first-order valence-corrected chi connectivity index (χ1v) is 10.2. The minimum absolute atomic E-state index is 0.500. The predicted molar refractivity (Wildman–Crippen MR) is 119 cm³/mol. The minimum atomic E-state index is 0.500. The van der Waals surface area contributed by atoms with Crippen LogP contribution in [-0.4, -0.2) is 41.3 Å². The largest absolute Gasteiger partial charge is 0.368 e. The van der Waals surface area contributed by atoms with Gasteiger partial charge in [-0.2, -0.15) is 4.98 Å². The topological polar surface area (TPSA) is 58.3 Å². The zero-order chi connectivity index (χ0) is 20.3. The molecule has 0 radical (unpaired) electrons. The molecule has 2 aromatic heterocycles. The molecule has 4 aromatic rings. The van der Waals surface area contributed by atoms with E-state index in [2.05, 4.69) is 74.3 Å². The molecule has 5 rings (SSSR count). The Bertz CT molecular complexity index is 1130. The maximum Gasteiger partial charge on any atom is 0.261 e. The summed E-state index contributed by atoms with van der Waals surface area (Å²) < 4.78 is 5.63. The third-order valence-electron chi connectivity index (χ3n) is 5.42. The molecule has 0 N–H and O–H groups in total.